The summed E-state index contributed by atoms with van der Waals surface area (Å²) in [4.78, 5) is 0. The van der Waals surface area contributed by atoms with Crippen LogP contribution in [-0.4, -0.2) is 31.6 Å². The maximum absolute atomic E-state index is 10.4. The van der Waals surface area contributed by atoms with Crippen LogP contribution in [0.4, 0.5) is 0 Å². The molecular formula is C19H22N4O3S. The molecule has 3 aromatic rings. The SMILES string of the molecule is C[C@@H](O)c1nnc(CC2CC(NC(O)c3cc(-c4ccccc4)no3)C2)s1. The molecule has 0 aliphatic heterocycles. The lowest BCUT2D eigenvalue weighted by molar-refractivity contribution is 0.0627. The van der Waals surface area contributed by atoms with Crippen LogP contribution in [0.15, 0.2) is 40.9 Å². The topological polar surface area (TPSA) is 104 Å². The number of aliphatic hydroxyl groups is 2. The van der Waals surface area contributed by atoms with E-state index in [1.165, 1.54) is 11.3 Å². The highest BCUT2D eigenvalue weighted by Crippen LogP contribution is 2.33. The van der Waals surface area contributed by atoms with Crippen molar-refractivity contribution in [2.75, 3.05) is 0 Å². The first kappa shape index (κ1) is 18.2. The number of benzene rings is 1. The van der Waals surface area contributed by atoms with E-state index >= 15 is 0 Å². The number of hydrogen-bond acceptors (Lipinski definition) is 8. The van der Waals surface area contributed by atoms with Crippen molar-refractivity contribution in [2.45, 2.75) is 44.6 Å². The first-order valence-electron chi connectivity index (χ1n) is 9.05. The van der Waals surface area contributed by atoms with Crippen LogP contribution in [0.1, 0.15) is 47.9 Å². The Kier molecular flexibility index (Phi) is 5.31. The Morgan fingerprint density at radius 2 is 2.00 bits per heavy atom. The van der Waals surface area contributed by atoms with Gasteiger partial charge in [0.25, 0.3) is 0 Å². The number of hydrogen-bond donors (Lipinski definition) is 3. The molecule has 0 radical (unpaired) electrons. The number of aromatic nitrogens is 3. The Labute approximate surface area is 161 Å². The Morgan fingerprint density at radius 1 is 1.22 bits per heavy atom. The van der Waals surface area contributed by atoms with Crippen LogP contribution in [0.3, 0.4) is 0 Å². The highest BCUT2D eigenvalue weighted by atomic mass is 32.1. The molecule has 1 aliphatic carbocycles. The summed E-state index contributed by atoms with van der Waals surface area (Å²) in [5, 5.41) is 36.9. The molecule has 1 aliphatic rings. The van der Waals surface area contributed by atoms with E-state index in [4.69, 9.17) is 4.52 Å². The third-order valence-corrected chi connectivity index (χ3v) is 5.92. The largest absolute Gasteiger partial charge is 0.386 e. The Balaban J connectivity index is 1.26. The van der Waals surface area contributed by atoms with Crippen LogP contribution >= 0.6 is 11.3 Å². The van der Waals surface area contributed by atoms with Crippen LogP contribution in [0.25, 0.3) is 11.3 Å². The summed E-state index contributed by atoms with van der Waals surface area (Å²) < 4.78 is 5.30. The predicted octanol–water partition coefficient (Wildman–Crippen LogP) is 2.85. The zero-order chi connectivity index (χ0) is 18.8. The number of nitrogens with zero attached hydrogens (tertiary/aromatic N) is 3. The summed E-state index contributed by atoms with van der Waals surface area (Å²) in [5.74, 6) is 0.933. The fourth-order valence-electron chi connectivity index (χ4n) is 3.27. The van der Waals surface area contributed by atoms with E-state index in [9.17, 15) is 10.2 Å². The van der Waals surface area contributed by atoms with Gasteiger partial charge in [0.15, 0.2) is 12.0 Å². The summed E-state index contributed by atoms with van der Waals surface area (Å²) in [6, 6.07) is 11.7. The molecule has 7 nitrogen and oxygen atoms in total. The van der Waals surface area contributed by atoms with Crippen molar-refractivity contribution in [3.05, 3.63) is 52.2 Å². The molecular weight excluding hydrogens is 364 g/mol. The van der Waals surface area contributed by atoms with E-state index in [1.54, 1.807) is 13.0 Å². The normalized spacial score (nSPS) is 21.6. The quantitative estimate of drug-likeness (QED) is 0.536. The zero-order valence-electron chi connectivity index (χ0n) is 14.9. The van der Waals surface area contributed by atoms with Crippen molar-refractivity contribution < 1.29 is 14.7 Å². The smallest absolute Gasteiger partial charge is 0.180 e. The van der Waals surface area contributed by atoms with E-state index in [1.807, 2.05) is 30.3 Å². The molecule has 4 rings (SSSR count). The molecule has 142 valence electrons. The van der Waals surface area contributed by atoms with Gasteiger partial charge < -0.3 is 14.7 Å². The van der Waals surface area contributed by atoms with Crippen molar-refractivity contribution in [3.63, 3.8) is 0 Å². The highest BCUT2D eigenvalue weighted by molar-refractivity contribution is 7.11. The molecule has 0 spiro atoms. The maximum Gasteiger partial charge on any atom is 0.180 e. The van der Waals surface area contributed by atoms with Gasteiger partial charge in [0, 0.05) is 24.1 Å². The molecule has 27 heavy (non-hydrogen) atoms. The number of nitrogens with one attached hydrogen (secondary N) is 1. The molecule has 2 heterocycles. The molecule has 3 N–H and O–H groups in total. The fourth-order valence-corrected chi connectivity index (χ4v) is 4.17. The van der Waals surface area contributed by atoms with E-state index in [2.05, 4.69) is 20.7 Å². The first-order valence-corrected chi connectivity index (χ1v) is 9.86. The minimum absolute atomic E-state index is 0.236. The van der Waals surface area contributed by atoms with Gasteiger partial charge in [-0.15, -0.1) is 10.2 Å². The highest BCUT2D eigenvalue weighted by Gasteiger charge is 2.32. The lowest BCUT2D eigenvalue weighted by Crippen LogP contribution is -2.43. The Bertz CT molecular complexity index is 874. The van der Waals surface area contributed by atoms with Crippen LogP contribution < -0.4 is 5.32 Å². The maximum atomic E-state index is 10.4. The first-order chi connectivity index (χ1) is 13.1. The van der Waals surface area contributed by atoms with Gasteiger partial charge in [-0.25, -0.2) is 0 Å². The summed E-state index contributed by atoms with van der Waals surface area (Å²) in [7, 11) is 0. The second kappa shape index (κ2) is 7.85. The van der Waals surface area contributed by atoms with E-state index in [0.29, 0.717) is 22.4 Å². The third kappa shape index (κ3) is 4.24. The second-order valence-corrected chi connectivity index (χ2v) is 8.09. The summed E-state index contributed by atoms with van der Waals surface area (Å²) in [6.07, 6.45) is 1.34. The summed E-state index contributed by atoms with van der Waals surface area (Å²) in [6.45, 7) is 1.70. The summed E-state index contributed by atoms with van der Waals surface area (Å²) >= 11 is 1.47. The lowest BCUT2D eigenvalue weighted by Gasteiger charge is -2.36. The number of rotatable bonds is 7. The number of aliphatic hydroxyl groups excluding tert-OH is 2. The molecule has 0 saturated heterocycles. The average Bonchev–Trinajstić information content (AvgIpc) is 3.30. The van der Waals surface area contributed by atoms with Crippen molar-refractivity contribution in [1.29, 1.82) is 0 Å². The third-order valence-electron chi connectivity index (χ3n) is 4.80. The fraction of sp³-hybridized carbons (Fsp3) is 0.421. The molecule has 0 amide bonds. The van der Waals surface area contributed by atoms with Crippen molar-refractivity contribution in [1.82, 2.24) is 20.7 Å². The molecule has 2 aromatic heterocycles. The van der Waals surface area contributed by atoms with Crippen LogP contribution in [0.5, 0.6) is 0 Å². The Morgan fingerprint density at radius 3 is 2.70 bits per heavy atom. The molecule has 8 heteroatoms. The monoisotopic (exact) mass is 386 g/mol. The van der Waals surface area contributed by atoms with Crippen molar-refractivity contribution in [2.24, 2.45) is 5.92 Å². The van der Waals surface area contributed by atoms with Crippen LogP contribution in [0, 0.1) is 5.92 Å². The van der Waals surface area contributed by atoms with E-state index in [-0.39, 0.29) is 6.04 Å². The molecule has 1 unspecified atom stereocenters. The molecule has 0 bridgehead atoms. The molecule has 2 atom stereocenters. The van der Waals surface area contributed by atoms with Gasteiger partial charge in [-0.05, 0) is 25.7 Å². The van der Waals surface area contributed by atoms with Crippen LogP contribution in [-0.2, 0) is 6.42 Å². The van der Waals surface area contributed by atoms with Gasteiger partial charge in [0.2, 0.25) is 0 Å². The Hall–Kier alpha value is -2.13. The molecule has 1 fully saturated rings. The lowest BCUT2D eigenvalue weighted by atomic mass is 9.78. The molecule has 1 saturated carbocycles. The van der Waals surface area contributed by atoms with Crippen molar-refractivity contribution >= 4 is 11.3 Å². The molecule has 1 aromatic carbocycles. The van der Waals surface area contributed by atoms with Gasteiger partial charge in [-0.3, -0.25) is 5.32 Å². The van der Waals surface area contributed by atoms with Crippen molar-refractivity contribution in [3.8, 4) is 11.3 Å². The van der Waals surface area contributed by atoms with Crippen LogP contribution in [0.2, 0.25) is 0 Å². The minimum atomic E-state index is -0.871. The second-order valence-electron chi connectivity index (χ2n) is 7.00. The summed E-state index contributed by atoms with van der Waals surface area (Å²) in [5.41, 5.74) is 1.67. The van der Waals surface area contributed by atoms with Gasteiger partial charge in [-0.1, -0.05) is 46.8 Å². The zero-order valence-corrected chi connectivity index (χ0v) is 15.8. The standard InChI is InChI=1S/C19H22N4O3S/c1-11(24)19-22-21-17(27-19)9-12-7-14(8-12)20-18(25)16-10-15(23-26-16)13-5-3-2-4-6-13/h2-6,10-12,14,18,20,24-25H,7-9H2,1H3/t11-,12?,14?,18?/m1/s1. The van der Waals surface area contributed by atoms with Gasteiger partial charge in [-0.2, -0.15) is 0 Å². The predicted molar refractivity (Wildman–Crippen MR) is 101 cm³/mol. The van der Waals surface area contributed by atoms with Gasteiger partial charge >= 0.3 is 0 Å². The minimum Gasteiger partial charge on any atom is -0.386 e. The average molecular weight is 386 g/mol. The van der Waals surface area contributed by atoms with Gasteiger partial charge in [0.1, 0.15) is 21.8 Å². The van der Waals surface area contributed by atoms with Gasteiger partial charge in [0.05, 0.1) is 0 Å². The van der Waals surface area contributed by atoms with E-state index in [0.717, 1.165) is 29.8 Å². The van der Waals surface area contributed by atoms with E-state index < -0.39 is 12.3 Å².